The average molecular weight is 359 g/mol. The lowest BCUT2D eigenvalue weighted by atomic mass is 9.91. The first-order valence-corrected chi connectivity index (χ1v) is 7.07. The third kappa shape index (κ3) is 2.88. The van der Waals surface area contributed by atoms with Gasteiger partial charge in [0.1, 0.15) is 5.69 Å². The van der Waals surface area contributed by atoms with E-state index in [9.17, 15) is 9.90 Å². The van der Waals surface area contributed by atoms with Crippen molar-refractivity contribution >= 4 is 33.5 Å². The van der Waals surface area contributed by atoms with E-state index >= 15 is 0 Å². The molecule has 6 heteroatoms. The number of nitrogens with zero attached hydrogens (tertiary/aromatic N) is 1. The first-order valence-electron chi connectivity index (χ1n) is 5.90. The highest BCUT2D eigenvalue weighted by Gasteiger charge is 2.29. The monoisotopic (exact) mass is 357 g/mol. The average Bonchev–Trinajstić information content (AvgIpc) is 2.77. The molecular formula is C14H13BrClNO3. The van der Waals surface area contributed by atoms with Gasteiger partial charge in [0.2, 0.25) is 11.7 Å². The van der Waals surface area contributed by atoms with Crippen molar-refractivity contribution < 1.29 is 14.3 Å². The summed E-state index contributed by atoms with van der Waals surface area (Å²) >= 11 is 9.33. The Morgan fingerprint density at radius 1 is 1.40 bits per heavy atom. The van der Waals surface area contributed by atoms with E-state index in [4.69, 9.17) is 16.0 Å². The van der Waals surface area contributed by atoms with E-state index < -0.39 is 11.4 Å². The van der Waals surface area contributed by atoms with Crippen LogP contribution in [0.1, 0.15) is 37.0 Å². The minimum atomic E-state index is -1.13. The molecule has 1 heterocycles. The minimum absolute atomic E-state index is 0.133. The molecule has 0 aliphatic heterocycles. The Morgan fingerprint density at radius 2 is 2.05 bits per heavy atom. The molecule has 1 N–H and O–H groups in total. The Kier molecular flexibility index (Phi) is 3.93. The molecule has 1 aromatic carbocycles. The summed E-state index contributed by atoms with van der Waals surface area (Å²) in [6, 6.07) is 5.20. The van der Waals surface area contributed by atoms with E-state index in [1.807, 2.05) is 20.8 Å². The van der Waals surface area contributed by atoms with Gasteiger partial charge in [-0.15, -0.1) is 0 Å². The lowest BCUT2D eigenvalue weighted by Crippen LogP contribution is -2.16. The zero-order valence-corrected chi connectivity index (χ0v) is 13.5. The Morgan fingerprint density at radius 3 is 2.50 bits per heavy atom. The molecule has 0 unspecified atom stereocenters. The van der Waals surface area contributed by atoms with Crippen molar-refractivity contribution in [2.45, 2.75) is 26.2 Å². The van der Waals surface area contributed by atoms with Crippen molar-refractivity contribution in [1.82, 2.24) is 4.98 Å². The molecule has 2 aromatic rings. The molecule has 2 rings (SSSR count). The number of carbonyl (C=O) groups is 1. The first-order chi connectivity index (χ1) is 9.20. The van der Waals surface area contributed by atoms with E-state index in [0.29, 0.717) is 16.3 Å². The Balaban J connectivity index is 2.58. The van der Waals surface area contributed by atoms with Crippen LogP contribution in [-0.2, 0) is 5.41 Å². The molecule has 0 aliphatic rings. The number of rotatable bonds is 2. The summed E-state index contributed by atoms with van der Waals surface area (Å²) in [4.78, 5) is 15.6. The lowest BCUT2D eigenvalue weighted by molar-refractivity contribution is 0.0659. The van der Waals surface area contributed by atoms with Gasteiger partial charge in [-0.05, 0) is 34.1 Å². The molecule has 0 spiro atoms. The van der Waals surface area contributed by atoms with Gasteiger partial charge in [-0.25, -0.2) is 9.78 Å². The van der Waals surface area contributed by atoms with E-state index in [-0.39, 0.29) is 11.7 Å². The second-order valence-electron chi connectivity index (χ2n) is 5.38. The first kappa shape index (κ1) is 15.1. The molecule has 4 nitrogen and oxygen atoms in total. The van der Waals surface area contributed by atoms with Crippen molar-refractivity contribution in [3.8, 4) is 11.5 Å². The summed E-state index contributed by atoms with van der Waals surface area (Å²) in [5.41, 5.74) is 0.629. The summed E-state index contributed by atoms with van der Waals surface area (Å²) in [6.45, 7) is 5.65. The summed E-state index contributed by atoms with van der Waals surface area (Å²) < 4.78 is 6.15. The van der Waals surface area contributed by atoms with Crippen LogP contribution in [0.15, 0.2) is 27.1 Å². The number of carboxylic acids is 1. The summed E-state index contributed by atoms with van der Waals surface area (Å²) in [7, 11) is 0. The van der Waals surface area contributed by atoms with Crippen LogP contribution in [0.25, 0.3) is 11.5 Å². The zero-order valence-electron chi connectivity index (χ0n) is 11.2. The molecule has 20 heavy (non-hydrogen) atoms. The van der Waals surface area contributed by atoms with Crippen molar-refractivity contribution in [1.29, 1.82) is 0 Å². The van der Waals surface area contributed by atoms with Crippen LogP contribution in [0, 0.1) is 0 Å². The molecule has 0 amide bonds. The normalized spacial score (nSPS) is 11.7. The van der Waals surface area contributed by atoms with Crippen LogP contribution in [-0.4, -0.2) is 16.1 Å². The highest BCUT2D eigenvalue weighted by Crippen LogP contribution is 2.32. The molecular weight excluding hydrogens is 346 g/mol. The second kappa shape index (κ2) is 5.22. The quantitative estimate of drug-likeness (QED) is 0.841. The Labute approximate surface area is 129 Å². The number of hydrogen-bond donors (Lipinski definition) is 1. The third-order valence-corrected chi connectivity index (χ3v) is 3.93. The van der Waals surface area contributed by atoms with Gasteiger partial charge in [0.25, 0.3) is 0 Å². The van der Waals surface area contributed by atoms with Gasteiger partial charge in [0, 0.05) is 15.5 Å². The number of benzene rings is 1. The molecule has 0 radical (unpaired) electrons. The number of oxazole rings is 1. The highest BCUT2D eigenvalue weighted by atomic mass is 79.9. The minimum Gasteiger partial charge on any atom is -0.475 e. The molecule has 0 atom stereocenters. The van der Waals surface area contributed by atoms with Crippen LogP contribution < -0.4 is 0 Å². The van der Waals surface area contributed by atoms with Crippen molar-refractivity contribution in [3.05, 3.63) is 39.1 Å². The van der Waals surface area contributed by atoms with Gasteiger partial charge in [0.15, 0.2) is 0 Å². The number of hydrogen-bond acceptors (Lipinski definition) is 3. The zero-order chi connectivity index (χ0) is 15.1. The van der Waals surface area contributed by atoms with Gasteiger partial charge in [-0.2, -0.15) is 0 Å². The van der Waals surface area contributed by atoms with Gasteiger partial charge in [0.05, 0.1) is 5.02 Å². The van der Waals surface area contributed by atoms with Crippen LogP contribution in [0.4, 0.5) is 0 Å². The van der Waals surface area contributed by atoms with E-state index in [2.05, 4.69) is 20.9 Å². The maximum absolute atomic E-state index is 11.3. The number of halogens is 2. The fourth-order valence-corrected chi connectivity index (χ4v) is 2.15. The topological polar surface area (TPSA) is 63.3 Å². The van der Waals surface area contributed by atoms with E-state index in [1.54, 1.807) is 18.2 Å². The Hall–Kier alpha value is -1.33. The standard InChI is InChI=1S/C14H13BrClNO3/c1-14(2,3)11-10(13(18)19)20-12(17-11)7-4-5-8(15)9(16)6-7/h4-6H,1-3H3,(H,18,19). The van der Waals surface area contributed by atoms with Gasteiger partial charge in [-0.1, -0.05) is 32.4 Å². The summed E-state index contributed by atoms with van der Waals surface area (Å²) in [6.07, 6.45) is 0. The highest BCUT2D eigenvalue weighted by molar-refractivity contribution is 9.10. The Bertz CT molecular complexity index is 674. The van der Waals surface area contributed by atoms with Crippen LogP contribution in [0.2, 0.25) is 5.02 Å². The third-order valence-electron chi connectivity index (χ3n) is 2.70. The van der Waals surface area contributed by atoms with Gasteiger partial charge < -0.3 is 9.52 Å². The van der Waals surface area contributed by atoms with Crippen LogP contribution in [0.5, 0.6) is 0 Å². The fraction of sp³-hybridized carbons (Fsp3) is 0.286. The largest absolute Gasteiger partial charge is 0.475 e. The molecule has 0 saturated carbocycles. The van der Waals surface area contributed by atoms with Crippen LogP contribution >= 0.6 is 27.5 Å². The molecule has 1 aromatic heterocycles. The van der Waals surface area contributed by atoms with Crippen molar-refractivity contribution in [2.24, 2.45) is 0 Å². The van der Waals surface area contributed by atoms with Crippen molar-refractivity contribution in [3.63, 3.8) is 0 Å². The van der Waals surface area contributed by atoms with Crippen molar-refractivity contribution in [2.75, 3.05) is 0 Å². The SMILES string of the molecule is CC(C)(C)c1nc(-c2ccc(Br)c(Cl)c2)oc1C(=O)O. The maximum atomic E-state index is 11.3. The fourth-order valence-electron chi connectivity index (χ4n) is 1.73. The predicted octanol–water partition coefficient (Wildman–Crippen LogP) is 4.75. The summed E-state index contributed by atoms with van der Waals surface area (Å²) in [5, 5.41) is 9.73. The van der Waals surface area contributed by atoms with Gasteiger partial charge in [-0.3, -0.25) is 0 Å². The predicted molar refractivity (Wildman–Crippen MR) is 80.3 cm³/mol. The molecule has 0 fully saturated rings. The van der Waals surface area contributed by atoms with E-state index in [1.165, 1.54) is 0 Å². The smallest absolute Gasteiger partial charge is 0.373 e. The van der Waals surface area contributed by atoms with Gasteiger partial charge >= 0.3 is 5.97 Å². The maximum Gasteiger partial charge on any atom is 0.373 e. The molecule has 0 bridgehead atoms. The number of aromatic carboxylic acids is 1. The lowest BCUT2D eigenvalue weighted by Gasteiger charge is -2.14. The second-order valence-corrected chi connectivity index (χ2v) is 6.64. The molecule has 106 valence electrons. The summed E-state index contributed by atoms with van der Waals surface area (Å²) in [5.74, 6) is -1.01. The number of carboxylic acid groups (broad SMARTS) is 1. The molecule has 0 saturated heterocycles. The van der Waals surface area contributed by atoms with E-state index in [0.717, 1.165) is 4.47 Å². The molecule has 0 aliphatic carbocycles. The number of aromatic nitrogens is 1. The van der Waals surface area contributed by atoms with Crippen LogP contribution in [0.3, 0.4) is 0 Å².